The Kier molecular flexibility index (Phi) is 6.82. The number of allylic oxidation sites excluding steroid dienone is 4. The van der Waals surface area contributed by atoms with Gasteiger partial charge in [0.2, 0.25) is 0 Å². The van der Waals surface area contributed by atoms with Crippen LogP contribution in [0.1, 0.15) is 13.3 Å². The normalized spacial score (nSPS) is 17.5. The monoisotopic (exact) mass is 409 g/mol. The molecule has 24 heavy (non-hydrogen) atoms. The Morgan fingerprint density at radius 2 is 2.08 bits per heavy atom. The van der Waals surface area contributed by atoms with E-state index in [4.69, 9.17) is 16.3 Å². The van der Waals surface area contributed by atoms with E-state index in [2.05, 4.69) is 21.2 Å². The molecule has 1 atom stereocenters. The van der Waals surface area contributed by atoms with E-state index >= 15 is 0 Å². The lowest BCUT2D eigenvalue weighted by Gasteiger charge is -2.17. The second kappa shape index (κ2) is 8.85. The van der Waals surface area contributed by atoms with Crippen molar-refractivity contribution < 1.29 is 14.3 Å². The van der Waals surface area contributed by atoms with Crippen molar-refractivity contribution in [1.29, 1.82) is 0 Å². The standard InChI is InChI=1S/C18H17BrClNO3/c1-2-24-18(23)12(10-15-16(20)4-3-5-17(15)22)11-21-14-8-6-13(19)7-9-14/h3-9,11,15,21H,2,10H2,1H3/b12-11+. The highest BCUT2D eigenvalue weighted by Gasteiger charge is 2.26. The van der Waals surface area contributed by atoms with E-state index < -0.39 is 11.9 Å². The Balaban J connectivity index is 2.18. The van der Waals surface area contributed by atoms with Crippen LogP contribution in [0.15, 0.2) is 63.8 Å². The molecule has 1 aromatic rings. The lowest BCUT2D eigenvalue weighted by Crippen LogP contribution is -2.20. The fourth-order valence-electron chi connectivity index (χ4n) is 2.16. The largest absolute Gasteiger partial charge is 0.463 e. The fraction of sp³-hybridized carbons (Fsp3) is 0.222. The number of anilines is 1. The third-order valence-corrected chi connectivity index (χ3v) is 4.33. The minimum absolute atomic E-state index is 0.124. The topological polar surface area (TPSA) is 55.4 Å². The molecular weight excluding hydrogens is 394 g/mol. The molecule has 0 saturated heterocycles. The first kappa shape index (κ1) is 18.5. The molecule has 0 saturated carbocycles. The second-order valence-electron chi connectivity index (χ2n) is 5.11. The zero-order valence-corrected chi connectivity index (χ0v) is 15.4. The zero-order valence-electron chi connectivity index (χ0n) is 13.1. The van der Waals surface area contributed by atoms with Gasteiger partial charge < -0.3 is 10.1 Å². The minimum atomic E-state index is -0.556. The van der Waals surface area contributed by atoms with E-state index in [1.807, 2.05) is 24.3 Å². The number of benzene rings is 1. The van der Waals surface area contributed by atoms with Crippen molar-refractivity contribution in [3.8, 4) is 0 Å². The molecule has 0 aliphatic heterocycles. The maximum Gasteiger partial charge on any atom is 0.335 e. The highest BCUT2D eigenvalue weighted by atomic mass is 79.9. The van der Waals surface area contributed by atoms with E-state index in [-0.39, 0.29) is 18.8 Å². The van der Waals surface area contributed by atoms with Crippen LogP contribution < -0.4 is 5.32 Å². The highest BCUT2D eigenvalue weighted by molar-refractivity contribution is 9.10. The van der Waals surface area contributed by atoms with Gasteiger partial charge >= 0.3 is 5.97 Å². The Hall–Kier alpha value is -1.85. The molecule has 1 unspecified atom stereocenters. The summed E-state index contributed by atoms with van der Waals surface area (Å²) in [6.07, 6.45) is 6.48. The number of nitrogens with one attached hydrogen (secondary N) is 1. The summed E-state index contributed by atoms with van der Waals surface area (Å²) in [5.74, 6) is -1.14. The number of rotatable bonds is 6. The summed E-state index contributed by atoms with van der Waals surface area (Å²) < 4.78 is 6.03. The van der Waals surface area contributed by atoms with Crippen LogP contribution in [-0.4, -0.2) is 18.4 Å². The fourth-order valence-corrected chi connectivity index (χ4v) is 2.68. The molecule has 6 heteroatoms. The van der Waals surface area contributed by atoms with Gasteiger partial charge in [-0.15, -0.1) is 0 Å². The molecule has 4 nitrogen and oxygen atoms in total. The molecule has 0 heterocycles. The Bertz CT molecular complexity index is 707. The summed E-state index contributed by atoms with van der Waals surface area (Å²) in [4.78, 5) is 24.2. The Morgan fingerprint density at radius 1 is 1.38 bits per heavy atom. The molecule has 0 aromatic heterocycles. The van der Waals surface area contributed by atoms with E-state index in [0.717, 1.165) is 10.2 Å². The van der Waals surface area contributed by atoms with E-state index in [9.17, 15) is 9.59 Å². The molecule has 1 aliphatic carbocycles. The average molecular weight is 411 g/mol. The summed E-state index contributed by atoms with van der Waals surface area (Å²) in [6, 6.07) is 7.50. The van der Waals surface area contributed by atoms with Gasteiger partial charge in [-0.3, -0.25) is 4.79 Å². The number of esters is 1. The molecule has 1 aliphatic rings. The van der Waals surface area contributed by atoms with Crippen LogP contribution in [0.5, 0.6) is 0 Å². The van der Waals surface area contributed by atoms with Gasteiger partial charge in [-0.05, 0) is 49.8 Å². The van der Waals surface area contributed by atoms with Gasteiger partial charge in [0.05, 0.1) is 18.1 Å². The third kappa shape index (κ3) is 5.08. The maximum atomic E-state index is 12.2. The number of ketones is 1. The maximum absolute atomic E-state index is 12.2. The first-order valence-corrected chi connectivity index (χ1v) is 8.64. The smallest absolute Gasteiger partial charge is 0.335 e. The third-order valence-electron chi connectivity index (χ3n) is 3.41. The summed E-state index contributed by atoms with van der Waals surface area (Å²) in [7, 11) is 0. The Labute approximate surface area is 154 Å². The zero-order chi connectivity index (χ0) is 17.5. The second-order valence-corrected chi connectivity index (χ2v) is 6.46. The predicted octanol–water partition coefficient (Wildman–Crippen LogP) is 4.58. The van der Waals surface area contributed by atoms with Crippen LogP contribution in [0.25, 0.3) is 0 Å². The van der Waals surface area contributed by atoms with Crippen molar-refractivity contribution in [2.45, 2.75) is 13.3 Å². The van der Waals surface area contributed by atoms with Gasteiger partial charge in [0.25, 0.3) is 0 Å². The molecular formula is C18H17BrClNO3. The van der Waals surface area contributed by atoms with Gasteiger partial charge in [0, 0.05) is 21.4 Å². The number of halogens is 2. The van der Waals surface area contributed by atoms with Crippen LogP contribution in [-0.2, 0) is 14.3 Å². The van der Waals surface area contributed by atoms with Crippen LogP contribution in [0.2, 0.25) is 0 Å². The quantitative estimate of drug-likeness (QED) is 0.551. The van der Waals surface area contributed by atoms with Crippen molar-refractivity contribution in [2.24, 2.45) is 5.92 Å². The molecule has 0 bridgehead atoms. The van der Waals surface area contributed by atoms with Gasteiger partial charge in [0.1, 0.15) is 0 Å². The molecule has 0 fully saturated rings. The average Bonchev–Trinajstić information content (AvgIpc) is 2.55. The van der Waals surface area contributed by atoms with Gasteiger partial charge in [-0.1, -0.05) is 33.6 Å². The predicted molar refractivity (Wildman–Crippen MR) is 98.7 cm³/mol. The first-order chi connectivity index (χ1) is 11.5. The molecule has 0 spiro atoms. The Morgan fingerprint density at radius 3 is 2.71 bits per heavy atom. The molecule has 1 N–H and O–H groups in total. The van der Waals surface area contributed by atoms with Crippen molar-refractivity contribution in [2.75, 3.05) is 11.9 Å². The molecule has 2 rings (SSSR count). The van der Waals surface area contributed by atoms with Crippen LogP contribution >= 0.6 is 27.5 Å². The summed E-state index contributed by atoms with van der Waals surface area (Å²) >= 11 is 9.49. The molecule has 0 radical (unpaired) electrons. The highest BCUT2D eigenvalue weighted by Crippen LogP contribution is 2.28. The van der Waals surface area contributed by atoms with E-state index in [1.165, 1.54) is 6.08 Å². The van der Waals surface area contributed by atoms with Gasteiger partial charge in [-0.25, -0.2) is 4.79 Å². The van der Waals surface area contributed by atoms with Crippen molar-refractivity contribution in [1.82, 2.24) is 0 Å². The lowest BCUT2D eigenvalue weighted by molar-refractivity contribution is -0.138. The SMILES string of the molecule is CCOC(=O)/C(=C/Nc1ccc(Br)cc1)CC1C(=O)C=CC=C1Cl. The minimum Gasteiger partial charge on any atom is -0.463 e. The van der Waals surface area contributed by atoms with Gasteiger partial charge in [-0.2, -0.15) is 0 Å². The number of hydrogen-bond donors (Lipinski definition) is 1. The number of carbonyl (C=O) groups excluding carboxylic acids is 2. The van der Waals surface area contributed by atoms with Crippen LogP contribution in [0, 0.1) is 5.92 Å². The van der Waals surface area contributed by atoms with Gasteiger partial charge in [0.15, 0.2) is 5.78 Å². The van der Waals surface area contributed by atoms with Crippen LogP contribution in [0.3, 0.4) is 0 Å². The molecule has 0 amide bonds. The summed E-state index contributed by atoms with van der Waals surface area (Å²) in [6.45, 7) is 2.00. The number of ether oxygens (including phenoxy) is 1. The summed E-state index contributed by atoms with van der Waals surface area (Å²) in [5, 5.41) is 3.47. The van der Waals surface area contributed by atoms with Crippen molar-refractivity contribution in [3.05, 3.63) is 63.8 Å². The first-order valence-electron chi connectivity index (χ1n) is 7.47. The number of hydrogen-bond acceptors (Lipinski definition) is 4. The lowest BCUT2D eigenvalue weighted by atomic mass is 9.92. The van der Waals surface area contributed by atoms with Crippen LogP contribution in [0.4, 0.5) is 5.69 Å². The van der Waals surface area contributed by atoms with Crippen molar-refractivity contribution in [3.63, 3.8) is 0 Å². The van der Waals surface area contributed by atoms with Crippen molar-refractivity contribution >= 4 is 45.0 Å². The summed E-state index contributed by atoms with van der Waals surface area (Å²) in [5.41, 5.74) is 1.18. The molecule has 126 valence electrons. The number of carbonyl (C=O) groups is 2. The van der Waals surface area contributed by atoms with E-state index in [1.54, 1.807) is 25.3 Å². The molecule has 1 aromatic carbocycles. The van der Waals surface area contributed by atoms with E-state index in [0.29, 0.717) is 10.6 Å².